The molecule has 1 aliphatic rings. The van der Waals surface area contributed by atoms with Gasteiger partial charge in [0.15, 0.2) is 0 Å². The van der Waals surface area contributed by atoms with Crippen molar-refractivity contribution in [3.8, 4) is 0 Å². The van der Waals surface area contributed by atoms with Crippen LogP contribution >= 0.6 is 0 Å². The van der Waals surface area contributed by atoms with E-state index in [9.17, 15) is 4.79 Å². The smallest absolute Gasteiger partial charge is 0.253 e. The maximum Gasteiger partial charge on any atom is 0.253 e. The van der Waals surface area contributed by atoms with Crippen molar-refractivity contribution in [2.24, 2.45) is 5.92 Å². The summed E-state index contributed by atoms with van der Waals surface area (Å²) in [4.78, 5) is 12.6. The molecule has 1 aliphatic carbocycles. The summed E-state index contributed by atoms with van der Waals surface area (Å²) in [6, 6.07) is 6.36. The van der Waals surface area contributed by atoms with E-state index in [4.69, 9.17) is 0 Å². The van der Waals surface area contributed by atoms with E-state index in [1.54, 1.807) is 0 Å². The summed E-state index contributed by atoms with van der Waals surface area (Å²) in [6.45, 7) is 7.20. The molecule has 0 aromatic heterocycles. The Hall–Kier alpha value is -1.51. The Morgan fingerprint density at radius 1 is 1.33 bits per heavy atom. The molecular formula is C18H28N2O. The zero-order valence-corrected chi connectivity index (χ0v) is 13.5. The van der Waals surface area contributed by atoms with E-state index < -0.39 is 0 Å². The highest BCUT2D eigenvalue weighted by Crippen LogP contribution is 2.34. The number of hydrogen-bond acceptors (Lipinski definition) is 2. The van der Waals surface area contributed by atoms with Crippen LogP contribution in [0.5, 0.6) is 0 Å². The van der Waals surface area contributed by atoms with Crippen molar-refractivity contribution < 1.29 is 4.79 Å². The number of amides is 1. The van der Waals surface area contributed by atoms with E-state index in [0.717, 1.165) is 48.5 Å². The van der Waals surface area contributed by atoms with Crippen molar-refractivity contribution in [1.82, 2.24) is 5.32 Å². The lowest BCUT2D eigenvalue weighted by molar-refractivity contribution is 0.0933. The Bertz CT molecular complexity index is 480. The minimum Gasteiger partial charge on any atom is -0.384 e. The monoisotopic (exact) mass is 288 g/mol. The molecule has 0 saturated heterocycles. The summed E-state index contributed by atoms with van der Waals surface area (Å²) >= 11 is 0. The average molecular weight is 288 g/mol. The SMILES string of the molecule is CCCNc1ccc(C)cc1C(=O)NC(CC)CC1CC1. The molecule has 116 valence electrons. The first kappa shape index (κ1) is 15.9. The van der Waals surface area contributed by atoms with Gasteiger partial charge in [0.25, 0.3) is 5.91 Å². The molecule has 1 saturated carbocycles. The number of rotatable bonds is 8. The number of anilines is 1. The van der Waals surface area contributed by atoms with Gasteiger partial charge in [0.1, 0.15) is 0 Å². The Labute approximate surface area is 128 Å². The summed E-state index contributed by atoms with van der Waals surface area (Å²) < 4.78 is 0. The van der Waals surface area contributed by atoms with Crippen LogP contribution in [-0.2, 0) is 0 Å². The van der Waals surface area contributed by atoms with Crippen molar-refractivity contribution in [1.29, 1.82) is 0 Å². The Morgan fingerprint density at radius 3 is 2.71 bits per heavy atom. The Balaban J connectivity index is 2.06. The van der Waals surface area contributed by atoms with E-state index in [-0.39, 0.29) is 5.91 Å². The van der Waals surface area contributed by atoms with E-state index >= 15 is 0 Å². The van der Waals surface area contributed by atoms with Gasteiger partial charge >= 0.3 is 0 Å². The number of nitrogens with one attached hydrogen (secondary N) is 2. The lowest BCUT2D eigenvalue weighted by Gasteiger charge is -2.19. The fourth-order valence-corrected chi connectivity index (χ4v) is 2.61. The van der Waals surface area contributed by atoms with Crippen LogP contribution in [0, 0.1) is 12.8 Å². The first-order chi connectivity index (χ1) is 10.1. The van der Waals surface area contributed by atoms with Gasteiger partial charge in [-0.05, 0) is 44.2 Å². The summed E-state index contributed by atoms with van der Waals surface area (Å²) in [5, 5.41) is 6.57. The van der Waals surface area contributed by atoms with Crippen LogP contribution in [0.15, 0.2) is 18.2 Å². The minimum atomic E-state index is 0.0600. The normalized spacial score (nSPS) is 15.6. The second kappa shape index (κ2) is 7.48. The molecular weight excluding hydrogens is 260 g/mol. The third-order valence-corrected chi connectivity index (χ3v) is 4.13. The quantitative estimate of drug-likeness (QED) is 0.755. The zero-order chi connectivity index (χ0) is 15.2. The third kappa shape index (κ3) is 4.76. The fourth-order valence-electron chi connectivity index (χ4n) is 2.61. The van der Waals surface area contributed by atoms with Gasteiger partial charge in [0.2, 0.25) is 0 Å². The molecule has 3 heteroatoms. The molecule has 3 nitrogen and oxygen atoms in total. The summed E-state index contributed by atoms with van der Waals surface area (Å²) in [6.07, 6.45) is 5.85. The number of benzene rings is 1. The molecule has 21 heavy (non-hydrogen) atoms. The standard InChI is InChI=1S/C18H28N2O/c1-4-10-19-17-9-6-13(3)11-16(17)18(21)20-15(5-2)12-14-7-8-14/h6,9,11,14-15,19H,4-5,7-8,10,12H2,1-3H3,(H,20,21). The fraction of sp³-hybridized carbons (Fsp3) is 0.611. The second-order valence-corrected chi connectivity index (χ2v) is 6.23. The number of hydrogen-bond donors (Lipinski definition) is 2. The number of carbonyl (C=O) groups is 1. The molecule has 0 radical (unpaired) electrons. The molecule has 0 heterocycles. The van der Waals surface area contributed by atoms with Crippen molar-refractivity contribution in [2.45, 2.75) is 58.9 Å². The molecule has 2 N–H and O–H groups in total. The molecule has 0 aliphatic heterocycles. The van der Waals surface area contributed by atoms with Gasteiger partial charge in [-0.1, -0.05) is 38.3 Å². The zero-order valence-electron chi connectivity index (χ0n) is 13.5. The first-order valence-electron chi connectivity index (χ1n) is 8.29. The largest absolute Gasteiger partial charge is 0.384 e. The van der Waals surface area contributed by atoms with Crippen LogP contribution in [0.1, 0.15) is 61.9 Å². The van der Waals surface area contributed by atoms with Gasteiger partial charge in [0, 0.05) is 18.3 Å². The van der Waals surface area contributed by atoms with Gasteiger partial charge in [-0.15, -0.1) is 0 Å². The van der Waals surface area contributed by atoms with Gasteiger partial charge < -0.3 is 10.6 Å². The molecule has 1 unspecified atom stereocenters. The molecule has 1 aromatic rings. The van der Waals surface area contributed by atoms with Crippen molar-refractivity contribution in [2.75, 3.05) is 11.9 Å². The second-order valence-electron chi connectivity index (χ2n) is 6.23. The highest BCUT2D eigenvalue weighted by molar-refractivity contribution is 6.00. The van der Waals surface area contributed by atoms with Gasteiger partial charge in [-0.3, -0.25) is 4.79 Å². The van der Waals surface area contributed by atoms with E-state index in [1.165, 1.54) is 12.8 Å². The lowest BCUT2D eigenvalue weighted by Crippen LogP contribution is -2.35. The van der Waals surface area contributed by atoms with Crippen molar-refractivity contribution in [3.63, 3.8) is 0 Å². The highest BCUT2D eigenvalue weighted by Gasteiger charge is 2.26. The van der Waals surface area contributed by atoms with Crippen LogP contribution in [0.4, 0.5) is 5.69 Å². The molecule has 1 atom stereocenters. The van der Waals surface area contributed by atoms with Crippen LogP contribution in [0.2, 0.25) is 0 Å². The highest BCUT2D eigenvalue weighted by atomic mass is 16.1. The van der Waals surface area contributed by atoms with E-state index in [1.807, 2.05) is 19.1 Å². The molecule has 2 rings (SSSR count). The van der Waals surface area contributed by atoms with Gasteiger partial charge in [-0.2, -0.15) is 0 Å². The first-order valence-corrected chi connectivity index (χ1v) is 8.29. The molecule has 1 aromatic carbocycles. The van der Waals surface area contributed by atoms with Crippen molar-refractivity contribution in [3.05, 3.63) is 29.3 Å². The minimum absolute atomic E-state index is 0.0600. The van der Waals surface area contributed by atoms with E-state index in [0.29, 0.717) is 6.04 Å². The maximum absolute atomic E-state index is 12.6. The van der Waals surface area contributed by atoms with Gasteiger partial charge in [-0.25, -0.2) is 0 Å². The predicted octanol–water partition coefficient (Wildman–Crippen LogP) is 4.13. The molecule has 0 bridgehead atoms. The summed E-state index contributed by atoms with van der Waals surface area (Å²) in [7, 11) is 0. The van der Waals surface area contributed by atoms with Crippen LogP contribution in [-0.4, -0.2) is 18.5 Å². The Kier molecular flexibility index (Phi) is 5.66. The summed E-state index contributed by atoms with van der Waals surface area (Å²) in [5.74, 6) is 0.898. The third-order valence-electron chi connectivity index (χ3n) is 4.13. The van der Waals surface area contributed by atoms with Crippen LogP contribution in [0.3, 0.4) is 0 Å². The Morgan fingerprint density at radius 2 is 2.10 bits per heavy atom. The lowest BCUT2D eigenvalue weighted by atomic mass is 10.0. The van der Waals surface area contributed by atoms with E-state index in [2.05, 4.69) is 30.5 Å². The van der Waals surface area contributed by atoms with Crippen LogP contribution < -0.4 is 10.6 Å². The number of aryl methyl sites for hydroxylation is 1. The maximum atomic E-state index is 12.6. The molecule has 1 amide bonds. The average Bonchev–Trinajstić information content (AvgIpc) is 3.29. The van der Waals surface area contributed by atoms with Crippen LogP contribution in [0.25, 0.3) is 0 Å². The van der Waals surface area contributed by atoms with Crippen molar-refractivity contribution >= 4 is 11.6 Å². The predicted molar refractivity (Wildman–Crippen MR) is 88.8 cm³/mol. The topological polar surface area (TPSA) is 41.1 Å². The van der Waals surface area contributed by atoms with Gasteiger partial charge in [0.05, 0.1) is 5.56 Å². The molecule has 1 fully saturated rings. The molecule has 0 spiro atoms. The summed E-state index contributed by atoms with van der Waals surface area (Å²) in [5.41, 5.74) is 2.84. The number of carbonyl (C=O) groups excluding carboxylic acids is 1.